The second-order valence-electron chi connectivity index (χ2n) is 8.12. The number of benzene rings is 2. The third-order valence-corrected chi connectivity index (χ3v) is 6.07. The van der Waals surface area contributed by atoms with Crippen molar-refractivity contribution in [1.82, 2.24) is 14.3 Å². The normalized spacial score (nSPS) is 13.6. The lowest BCUT2D eigenvalue weighted by atomic mass is 10.0. The first-order valence-electron chi connectivity index (χ1n) is 11.0. The van der Waals surface area contributed by atoms with Crippen LogP contribution >= 0.6 is 0 Å². The van der Waals surface area contributed by atoms with E-state index in [1.54, 1.807) is 31.3 Å². The Hall–Kier alpha value is -4.13. The molecule has 2 aromatic carbocycles. The number of nitrogens with zero attached hydrogens (tertiary/aromatic N) is 3. The van der Waals surface area contributed by atoms with Crippen LogP contribution in [0.2, 0.25) is 0 Å². The molecule has 0 saturated heterocycles. The quantitative estimate of drug-likeness (QED) is 0.419. The predicted octanol–water partition coefficient (Wildman–Crippen LogP) is 5.09. The summed E-state index contributed by atoms with van der Waals surface area (Å²) in [5.74, 6) is 0.772. The van der Waals surface area contributed by atoms with E-state index in [-0.39, 0.29) is 5.91 Å². The van der Waals surface area contributed by atoms with Crippen LogP contribution in [0.3, 0.4) is 0 Å². The van der Waals surface area contributed by atoms with Gasteiger partial charge < -0.3 is 18.8 Å². The Labute approximate surface area is 196 Å². The van der Waals surface area contributed by atoms with Gasteiger partial charge in [-0.3, -0.25) is 4.79 Å². The zero-order valence-corrected chi connectivity index (χ0v) is 19.0. The third kappa shape index (κ3) is 4.12. The summed E-state index contributed by atoms with van der Waals surface area (Å²) in [6.07, 6.45) is 6.84. The van der Waals surface area contributed by atoms with E-state index in [4.69, 9.17) is 14.5 Å². The molecule has 0 unspecified atom stereocenters. The summed E-state index contributed by atoms with van der Waals surface area (Å²) in [5, 5.41) is 0. The largest absolute Gasteiger partial charge is 0.493 e. The number of methoxy groups -OCH3 is 2. The second kappa shape index (κ2) is 9.02. The van der Waals surface area contributed by atoms with Gasteiger partial charge in [0.1, 0.15) is 11.5 Å². The standard InChI is InChI=1S/C27H24FN3O3/c1-33-24-8-6-19(15-25(24)34-2)23-17-31-16-21(7-9-26(31)29-23)18-10-12-30(13-11-18)27(32)20-4-3-5-22(28)14-20/h3-10,14-17H,11-13H2,1-2H3. The van der Waals surface area contributed by atoms with Crippen LogP contribution in [0.15, 0.2) is 73.1 Å². The minimum Gasteiger partial charge on any atom is -0.493 e. The molecule has 4 aromatic rings. The molecule has 1 aliphatic rings. The number of ether oxygens (including phenoxy) is 2. The number of pyridine rings is 1. The molecule has 34 heavy (non-hydrogen) atoms. The Balaban J connectivity index is 1.36. The van der Waals surface area contributed by atoms with Gasteiger partial charge in [-0.2, -0.15) is 0 Å². The van der Waals surface area contributed by atoms with Crippen molar-refractivity contribution in [3.05, 3.63) is 90.0 Å². The number of rotatable bonds is 5. The van der Waals surface area contributed by atoms with Crippen LogP contribution in [0.4, 0.5) is 4.39 Å². The molecule has 3 heterocycles. The van der Waals surface area contributed by atoms with Gasteiger partial charge in [-0.1, -0.05) is 12.1 Å². The Morgan fingerprint density at radius 3 is 2.53 bits per heavy atom. The van der Waals surface area contributed by atoms with E-state index >= 15 is 0 Å². The molecule has 0 bridgehead atoms. The number of carbonyl (C=O) groups is 1. The molecule has 0 spiro atoms. The number of aromatic nitrogens is 2. The maximum absolute atomic E-state index is 13.5. The zero-order valence-electron chi connectivity index (χ0n) is 19.0. The summed E-state index contributed by atoms with van der Waals surface area (Å²) in [6.45, 7) is 1.07. The SMILES string of the molecule is COc1ccc(-c2cn3cc(C4=CCN(C(=O)c5cccc(F)c5)CC4)ccc3n2)cc1OC. The second-order valence-corrected chi connectivity index (χ2v) is 8.12. The van der Waals surface area contributed by atoms with Gasteiger partial charge in [0.2, 0.25) is 0 Å². The number of carbonyl (C=O) groups excluding carboxylic acids is 1. The molecular weight excluding hydrogens is 433 g/mol. The number of imidazole rings is 1. The van der Waals surface area contributed by atoms with Gasteiger partial charge in [-0.15, -0.1) is 0 Å². The minimum atomic E-state index is -0.403. The van der Waals surface area contributed by atoms with E-state index in [0.29, 0.717) is 30.2 Å². The van der Waals surface area contributed by atoms with Crippen LogP contribution in [0.25, 0.3) is 22.5 Å². The molecule has 5 rings (SSSR count). The number of amides is 1. The number of hydrogen-bond acceptors (Lipinski definition) is 4. The van der Waals surface area contributed by atoms with Crippen LogP contribution in [0.1, 0.15) is 22.3 Å². The van der Waals surface area contributed by atoms with Gasteiger partial charge in [0.15, 0.2) is 11.5 Å². The lowest BCUT2D eigenvalue weighted by molar-refractivity contribution is 0.0772. The molecule has 0 fully saturated rings. The monoisotopic (exact) mass is 457 g/mol. The summed E-state index contributed by atoms with van der Waals surface area (Å²) < 4.78 is 26.2. The molecule has 6 nitrogen and oxygen atoms in total. The van der Waals surface area contributed by atoms with Crippen molar-refractivity contribution >= 4 is 17.1 Å². The number of hydrogen-bond donors (Lipinski definition) is 0. The molecule has 0 aliphatic carbocycles. The first-order chi connectivity index (χ1) is 16.6. The maximum atomic E-state index is 13.5. The topological polar surface area (TPSA) is 56.1 Å². The molecule has 2 aromatic heterocycles. The van der Waals surface area contributed by atoms with Crippen molar-refractivity contribution in [3.8, 4) is 22.8 Å². The molecule has 1 amide bonds. The Kier molecular flexibility index (Phi) is 5.76. The van der Waals surface area contributed by atoms with Crippen LogP contribution in [0.5, 0.6) is 11.5 Å². The highest BCUT2D eigenvalue weighted by Crippen LogP contribution is 2.32. The van der Waals surface area contributed by atoms with Crippen LogP contribution < -0.4 is 9.47 Å². The average molecular weight is 458 g/mol. The van der Waals surface area contributed by atoms with Crippen molar-refractivity contribution < 1.29 is 18.7 Å². The molecule has 0 saturated carbocycles. The summed E-state index contributed by atoms with van der Waals surface area (Å²) in [5.41, 5.74) is 5.24. The minimum absolute atomic E-state index is 0.153. The highest BCUT2D eigenvalue weighted by atomic mass is 19.1. The van der Waals surface area contributed by atoms with Gasteiger partial charge in [-0.05, 0) is 66.1 Å². The predicted molar refractivity (Wildman–Crippen MR) is 129 cm³/mol. The Morgan fingerprint density at radius 1 is 0.971 bits per heavy atom. The number of fused-ring (bicyclic) bond motifs is 1. The van der Waals surface area contributed by atoms with Crippen molar-refractivity contribution in [2.24, 2.45) is 0 Å². The molecule has 0 atom stereocenters. The Morgan fingerprint density at radius 2 is 1.79 bits per heavy atom. The van der Waals surface area contributed by atoms with E-state index in [1.807, 2.05) is 34.9 Å². The summed E-state index contributed by atoms with van der Waals surface area (Å²) in [6, 6.07) is 15.6. The van der Waals surface area contributed by atoms with Crippen molar-refractivity contribution in [2.45, 2.75) is 6.42 Å². The van der Waals surface area contributed by atoms with Gasteiger partial charge in [0.25, 0.3) is 5.91 Å². The van der Waals surface area contributed by atoms with Crippen LogP contribution in [-0.4, -0.2) is 47.5 Å². The lowest BCUT2D eigenvalue weighted by Crippen LogP contribution is -2.34. The molecule has 0 radical (unpaired) electrons. The van der Waals surface area contributed by atoms with Gasteiger partial charge in [-0.25, -0.2) is 9.37 Å². The zero-order chi connectivity index (χ0) is 23.7. The first kappa shape index (κ1) is 21.7. The molecule has 1 aliphatic heterocycles. The first-order valence-corrected chi connectivity index (χ1v) is 11.0. The van der Waals surface area contributed by atoms with Crippen molar-refractivity contribution in [2.75, 3.05) is 27.3 Å². The van der Waals surface area contributed by atoms with Crippen LogP contribution in [-0.2, 0) is 0 Å². The summed E-state index contributed by atoms with van der Waals surface area (Å²) in [7, 11) is 3.23. The van der Waals surface area contributed by atoms with Crippen molar-refractivity contribution in [3.63, 3.8) is 0 Å². The van der Waals surface area contributed by atoms with Gasteiger partial charge >= 0.3 is 0 Å². The summed E-state index contributed by atoms with van der Waals surface area (Å²) in [4.78, 5) is 19.2. The maximum Gasteiger partial charge on any atom is 0.254 e. The van der Waals surface area contributed by atoms with E-state index in [2.05, 4.69) is 18.3 Å². The fraction of sp³-hybridized carbons (Fsp3) is 0.185. The Bertz CT molecular complexity index is 1410. The molecule has 172 valence electrons. The van der Waals surface area contributed by atoms with E-state index < -0.39 is 5.82 Å². The van der Waals surface area contributed by atoms with E-state index in [0.717, 1.165) is 28.9 Å². The lowest BCUT2D eigenvalue weighted by Gasteiger charge is -2.26. The number of halogens is 1. The summed E-state index contributed by atoms with van der Waals surface area (Å²) >= 11 is 0. The highest BCUT2D eigenvalue weighted by molar-refractivity contribution is 5.94. The van der Waals surface area contributed by atoms with Crippen molar-refractivity contribution in [1.29, 1.82) is 0 Å². The fourth-order valence-corrected chi connectivity index (χ4v) is 4.24. The van der Waals surface area contributed by atoms with E-state index in [1.165, 1.54) is 17.7 Å². The van der Waals surface area contributed by atoms with Gasteiger partial charge in [0, 0.05) is 36.6 Å². The highest BCUT2D eigenvalue weighted by Gasteiger charge is 2.20. The fourth-order valence-electron chi connectivity index (χ4n) is 4.24. The smallest absolute Gasteiger partial charge is 0.254 e. The molecule has 0 N–H and O–H groups in total. The molecular formula is C27H24FN3O3. The van der Waals surface area contributed by atoms with Gasteiger partial charge in [0.05, 0.1) is 19.9 Å². The third-order valence-electron chi connectivity index (χ3n) is 6.07. The molecule has 7 heteroatoms. The average Bonchev–Trinajstić information content (AvgIpc) is 3.31. The van der Waals surface area contributed by atoms with Crippen LogP contribution in [0, 0.1) is 5.82 Å². The van der Waals surface area contributed by atoms with E-state index in [9.17, 15) is 9.18 Å².